The Morgan fingerprint density at radius 2 is 1.95 bits per heavy atom. The number of nitrogens with one attached hydrogen (secondary N) is 1. The minimum absolute atomic E-state index is 0.0760. The number of nitrogen functional groups attached to an aromatic ring is 1. The van der Waals surface area contributed by atoms with Gasteiger partial charge in [0.1, 0.15) is 24.0 Å². The number of alkyl halides is 1. The normalized spacial score (nSPS) is 18.4. The van der Waals surface area contributed by atoms with Gasteiger partial charge in [0.05, 0.1) is 19.0 Å². The van der Waals surface area contributed by atoms with E-state index in [2.05, 4.69) is 20.0 Å². The second-order valence-electron chi connectivity index (χ2n) is 10.8. The van der Waals surface area contributed by atoms with Gasteiger partial charge in [0.25, 0.3) is 0 Å². The van der Waals surface area contributed by atoms with Gasteiger partial charge in [-0.1, -0.05) is 18.2 Å². The summed E-state index contributed by atoms with van der Waals surface area (Å²) in [5.74, 6) is -2.68. The lowest BCUT2D eigenvalue weighted by atomic mass is 10.0. The number of esters is 1. The van der Waals surface area contributed by atoms with E-state index in [0.29, 0.717) is 11.3 Å². The van der Waals surface area contributed by atoms with Crippen LogP contribution in [0.1, 0.15) is 40.5 Å². The first kappa shape index (κ1) is 32.6. The number of carbonyl (C=O) groups excluding carboxylic acids is 1. The van der Waals surface area contributed by atoms with E-state index in [-0.39, 0.29) is 23.4 Å². The monoisotopic (exact) mass is 623 g/mol. The Hall–Kier alpha value is -3.36. The summed E-state index contributed by atoms with van der Waals surface area (Å²) < 4.78 is 53.2. The average molecular weight is 624 g/mol. The van der Waals surface area contributed by atoms with E-state index in [4.69, 9.17) is 24.3 Å². The van der Waals surface area contributed by atoms with Crippen molar-refractivity contribution in [3.05, 3.63) is 36.7 Å². The number of hydrogen-bond donors (Lipinski definition) is 3. The quantitative estimate of drug-likeness (QED) is 0.166. The lowest BCUT2D eigenvalue weighted by Gasteiger charge is -2.33. The molecule has 0 spiro atoms. The lowest BCUT2D eigenvalue weighted by Crippen LogP contribution is -2.48. The summed E-state index contributed by atoms with van der Waals surface area (Å²) in [6, 6.07) is 7.32. The van der Waals surface area contributed by atoms with Crippen LogP contribution in [0.2, 0.25) is 0 Å². The van der Waals surface area contributed by atoms with Gasteiger partial charge in [-0.25, -0.2) is 13.9 Å². The maximum atomic E-state index is 16.5. The highest BCUT2D eigenvalue weighted by molar-refractivity contribution is 7.52. The summed E-state index contributed by atoms with van der Waals surface area (Å²) in [4.78, 5) is 27.2. The first-order valence-electron chi connectivity index (χ1n) is 13.9. The van der Waals surface area contributed by atoms with Crippen molar-refractivity contribution in [2.75, 3.05) is 31.4 Å². The van der Waals surface area contributed by atoms with Crippen molar-refractivity contribution in [1.29, 1.82) is 0 Å². The van der Waals surface area contributed by atoms with Gasteiger partial charge >= 0.3 is 13.7 Å². The molecular formula is C27H39FN7O7P. The molecule has 16 heteroatoms. The zero-order valence-electron chi connectivity index (χ0n) is 25.0. The zero-order valence-corrected chi connectivity index (χ0v) is 25.9. The van der Waals surface area contributed by atoms with Crippen LogP contribution in [-0.4, -0.2) is 81.8 Å². The van der Waals surface area contributed by atoms with Gasteiger partial charge in [-0.2, -0.15) is 15.1 Å². The van der Waals surface area contributed by atoms with Crippen LogP contribution in [0.25, 0.3) is 11.2 Å². The molecule has 43 heavy (non-hydrogen) atoms. The number of anilines is 2. The van der Waals surface area contributed by atoms with Crippen LogP contribution in [0, 0.1) is 0 Å². The summed E-state index contributed by atoms with van der Waals surface area (Å²) in [5.41, 5.74) is 6.35. The number of nitrogens with two attached hydrogens (primary N) is 1. The molecule has 1 fully saturated rings. The number of carbonyl (C=O) groups is 1. The van der Waals surface area contributed by atoms with E-state index in [1.807, 2.05) is 11.9 Å². The molecule has 0 radical (unpaired) electrons. The molecule has 14 nitrogen and oxygen atoms in total. The Kier molecular flexibility index (Phi) is 9.92. The predicted molar refractivity (Wildman–Crippen MR) is 157 cm³/mol. The first-order valence-corrected chi connectivity index (χ1v) is 15.4. The molecule has 4 N–H and O–H groups in total. The SMILES string of the molecule is COC(COP(=O)(N[C@@H](C)C(=O)OC(C)C)Oc1ccccc1)[C@@H](O)[C@@](C)(F)n1cnc2c(N(C)C3CC3)nc(N)nc21. The maximum absolute atomic E-state index is 16.5. The third-order valence-corrected chi connectivity index (χ3v) is 8.57. The number of aliphatic hydroxyl groups is 1. The van der Waals surface area contributed by atoms with E-state index < -0.39 is 50.5 Å². The topological polar surface area (TPSA) is 176 Å². The molecule has 1 saturated carbocycles. The van der Waals surface area contributed by atoms with Crippen molar-refractivity contribution in [3.8, 4) is 5.75 Å². The summed E-state index contributed by atoms with van der Waals surface area (Å²) in [5, 5.41) is 13.8. The van der Waals surface area contributed by atoms with E-state index in [1.54, 1.807) is 44.2 Å². The van der Waals surface area contributed by atoms with Crippen molar-refractivity contribution >= 4 is 36.6 Å². The van der Waals surface area contributed by atoms with Crippen LogP contribution in [0.3, 0.4) is 0 Å². The number of halogens is 1. The molecule has 236 valence electrons. The molecule has 1 aliphatic rings. The van der Waals surface area contributed by atoms with Crippen molar-refractivity contribution in [2.45, 2.75) is 76.7 Å². The van der Waals surface area contributed by atoms with Gasteiger partial charge in [-0.05, 0) is 52.7 Å². The number of benzene rings is 1. The first-order chi connectivity index (χ1) is 20.3. The Labute approximate surface area is 249 Å². The Morgan fingerprint density at radius 1 is 1.28 bits per heavy atom. The summed E-state index contributed by atoms with van der Waals surface area (Å²) in [7, 11) is -1.22. The second kappa shape index (κ2) is 13.1. The van der Waals surface area contributed by atoms with Gasteiger partial charge in [0.15, 0.2) is 17.0 Å². The van der Waals surface area contributed by atoms with Crippen LogP contribution in [-0.2, 0) is 29.1 Å². The van der Waals surface area contributed by atoms with Crippen LogP contribution < -0.4 is 20.2 Å². The fourth-order valence-corrected chi connectivity index (χ4v) is 5.88. The highest BCUT2D eigenvalue weighted by Gasteiger charge is 2.44. The minimum Gasteiger partial charge on any atom is -0.462 e. The third-order valence-electron chi connectivity index (χ3n) is 6.92. The fraction of sp³-hybridized carbons (Fsp3) is 0.556. The predicted octanol–water partition coefficient (Wildman–Crippen LogP) is 3.16. The number of methoxy groups -OCH3 is 1. The van der Waals surface area contributed by atoms with Crippen molar-refractivity contribution < 1.29 is 37.4 Å². The number of fused-ring (bicyclic) bond motifs is 1. The van der Waals surface area contributed by atoms with Crippen LogP contribution in [0.4, 0.5) is 16.2 Å². The lowest BCUT2D eigenvalue weighted by molar-refractivity contribution is -0.149. The molecule has 0 amide bonds. The Balaban J connectivity index is 1.56. The van der Waals surface area contributed by atoms with Gasteiger partial charge in [-0.15, -0.1) is 0 Å². The molecule has 5 atom stereocenters. The minimum atomic E-state index is -4.31. The van der Waals surface area contributed by atoms with E-state index >= 15 is 4.39 Å². The number of ether oxygens (including phenoxy) is 2. The summed E-state index contributed by atoms with van der Waals surface area (Å²) in [6.07, 6.45) is -0.485. The molecule has 0 bridgehead atoms. The average Bonchev–Trinajstić information content (AvgIpc) is 3.71. The summed E-state index contributed by atoms with van der Waals surface area (Å²) >= 11 is 0. The molecule has 1 aliphatic carbocycles. The zero-order chi connectivity index (χ0) is 31.5. The molecule has 0 saturated heterocycles. The van der Waals surface area contributed by atoms with E-state index in [9.17, 15) is 14.5 Å². The number of aliphatic hydroxyl groups excluding tert-OH is 1. The van der Waals surface area contributed by atoms with Gasteiger partial charge in [-0.3, -0.25) is 13.9 Å². The van der Waals surface area contributed by atoms with E-state index in [0.717, 1.165) is 24.3 Å². The van der Waals surface area contributed by atoms with Crippen molar-refractivity contribution in [1.82, 2.24) is 24.6 Å². The number of hydrogen-bond acceptors (Lipinski definition) is 12. The number of nitrogens with zero attached hydrogens (tertiary/aromatic N) is 5. The third kappa shape index (κ3) is 7.60. The number of rotatable bonds is 15. The van der Waals surface area contributed by atoms with Crippen molar-refractivity contribution in [2.24, 2.45) is 0 Å². The van der Waals surface area contributed by atoms with E-state index in [1.165, 1.54) is 20.4 Å². The van der Waals surface area contributed by atoms with Gasteiger partial charge in [0, 0.05) is 20.2 Å². The van der Waals surface area contributed by atoms with Gasteiger partial charge < -0.3 is 29.7 Å². The maximum Gasteiger partial charge on any atom is 0.459 e. The fourth-order valence-electron chi connectivity index (χ4n) is 4.38. The van der Waals surface area contributed by atoms with Crippen LogP contribution in [0.5, 0.6) is 5.75 Å². The number of para-hydroxylation sites is 1. The molecular weight excluding hydrogens is 584 g/mol. The molecule has 4 rings (SSSR count). The summed E-state index contributed by atoms with van der Waals surface area (Å²) in [6.45, 7) is 5.31. The smallest absolute Gasteiger partial charge is 0.459 e. The Morgan fingerprint density at radius 3 is 2.56 bits per heavy atom. The Bertz CT molecular complexity index is 1450. The largest absolute Gasteiger partial charge is 0.462 e. The molecule has 1 aromatic carbocycles. The molecule has 3 aromatic rings. The molecule has 0 aliphatic heterocycles. The van der Waals surface area contributed by atoms with Crippen LogP contribution >= 0.6 is 7.75 Å². The standard InChI is InChI=1S/C27H39FN7O7P/c1-16(2)41-25(37)17(3)33-43(38,42-19-10-8-7-9-11-19)40-14-20(39-6)22(36)27(4,28)35-15-30-21-23(34(5)18-12-13-18)31-26(29)32-24(21)35/h7-11,15-18,20,22,36H,12-14H2,1-6H3,(H,33,38)(H2,29,31,32)/t17-,20?,22+,27-,43?/m0/s1. The number of imidazole rings is 1. The highest BCUT2D eigenvalue weighted by atomic mass is 31.2. The molecule has 2 unspecified atom stereocenters. The van der Waals surface area contributed by atoms with Gasteiger partial charge in [0.2, 0.25) is 11.7 Å². The second-order valence-corrected chi connectivity index (χ2v) is 12.5. The number of aromatic nitrogens is 4. The van der Waals surface area contributed by atoms with Crippen molar-refractivity contribution in [3.63, 3.8) is 0 Å². The van der Waals surface area contributed by atoms with Crippen LogP contribution in [0.15, 0.2) is 36.7 Å². The highest BCUT2D eigenvalue weighted by Crippen LogP contribution is 2.45. The molecule has 2 aromatic heterocycles. The molecule has 2 heterocycles.